The van der Waals surface area contributed by atoms with Crippen LogP contribution in [0.15, 0.2) is 0 Å². The van der Waals surface area contributed by atoms with Crippen LogP contribution in [0.5, 0.6) is 0 Å². The molecule has 0 unspecified atom stereocenters. The third-order valence-electron chi connectivity index (χ3n) is 2.63. The molecule has 4 atom stereocenters. The molecule has 10 heavy (non-hydrogen) atoms. The Kier molecular flexibility index (Phi) is 0.754. The number of ketones is 1. The summed E-state index contributed by atoms with van der Waals surface area (Å²) < 4.78 is 10.4. The Morgan fingerprint density at radius 1 is 1.50 bits per heavy atom. The van der Waals surface area contributed by atoms with Crippen LogP contribution in [0.4, 0.5) is 0 Å². The Morgan fingerprint density at radius 2 is 2.40 bits per heavy atom. The van der Waals surface area contributed by atoms with E-state index in [1.807, 2.05) is 0 Å². The van der Waals surface area contributed by atoms with Gasteiger partial charge in [0.2, 0.25) is 6.29 Å². The van der Waals surface area contributed by atoms with E-state index in [-0.39, 0.29) is 11.9 Å². The Hall–Kier alpha value is -0.410. The lowest BCUT2D eigenvalue weighted by Crippen LogP contribution is -2.30. The highest BCUT2D eigenvalue weighted by Gasteiger charge is 2.58. The van der Waals surface area contributed by atoms with Gasteiger partial charge in [-0.15, -0.1) is 0 Å². The summed E-state index contributed by atoms with van der Waals surface area (Å²) in [4.78, 5) is 11.2. The fourth-order valence-electron chi connectivity index (χ4n) is 1.92. The number of rotatable bonds is 0. The number of ether oxygens (including phenoxy) is 2. The van der Waals surface area contributed by atoms with E-state index in [0.717, 1.165) is 6.42 Å². The topological polar surface area (TPSA) is 35.5 Å². The van der Waals surface area contributed by atoms with Gasteiger partial charge in [0.1, 0.15) is 0 Å². The van der Waals surface area contributed by atoms with Crippen LogP contribution < -0.4 is 0 Å². The molecule has 0 radical (unpaired) electrons. The zero-order valence-electron chi connectivity index (χ0n) is 5.45. The molecule has 3 rings (SSSR count). The number of hydrogen-bond acceptors (Lipinski definition) is 3. The fourth-order valence-corrected chi connectivity index (χ4v) is 1.92. The molecule has 54 valence electrons. The van der Waals surface area contributed by atoms with E-state index in [9.17, 15) is 4.79 Å². The molecule has 0 aromatic heterocycles. The van der Waals surface area contributed by atoms with Gasteiger partial charge in [0.25, 0.3) is 0 Å². The van der Waals surface area contributed by atoms with Gasteiger partial charge in [-0.25, -0.2) is 0 Å². The van der Waals surface area contributed by atoms with E-state index in [4.69, 9.17) is 9.47 Å². The molecule has 1 aliphatic carbocycles. The van der Waals surface area contributed by atoms with Crippen LogP contribution in [-0.2, 0) is 14.3 Å². The zero-order valence-corrected chi connectivity index (χ0v) is 5.45. The molecule has 0 amide bonds. The van der Waals surface area contributed by atoms with Gasteiger partial charge in [0.05, 0.1) is 12.7 Å². The van der Waals surface area contributed by atoms with Crippen molar-refractivity contribution in [3.8, 4) is 0 Å². The minimum atomic E-state index is -0.492. The monoisotopic (exact) mass is 140 g/mol. The van der Waals surface area contributed by atoms with Crippen molar-refractivity contribution < 1.29 is 14.3 Å². The molecule has 0 aromatic carbocycles. The number of carbonyl (C=O) groups excluding carboxylic acids is 1. The summed E-state index contributed by atoms with van der Waals surface area (Å²) in [5.74, 6) is 0.983. The average Bonchev–Trinajstić information content (AvgIpc) is 2.61. The van der Waals surface area contributed by atoms with Crippen molar-refractivity contribution in [2.45, 2.75) is 18.8 Å². The molecule has 0 N–H and O–H groups in total. The van der Waals surface area contributed by atoms with Crippen molar-refractivity contribution >= 4 is 5.78 Å². The summed E-state index contributed by atoms with van der Waals surface area (Å²) in [6, 6.07) is 0. The normalized spacial score (nSPS) is 56.6. The first kappa shape index (κ1) is 5.27. The molecule has 2 bridgehead atoms. The standard InChI is InChI=1S/C7H8O3/c8-6-4-1-3(4)5-2-9-7(6)10-5/h3-5,7H,1-2H2/t3-,4+,5+,7+/m0/s1. The van der Waals surface area contributed by atoms with Gasteiger partial charge < -0.3 is 9.47 Å². The maximum atomic E-state index is 11.2. The molecular weight excluding hydrogens is 132 g/mol. The van der Waals surface area contributed by atoms with Crippen LogP contribution in [0.1, 0.15) is 6.42 Å². The van der Waals surface area contributed by atoms with Crippen LogP contribution >= 0.6 is 0 Å². The van der Waals surface area contributed by atoms with Gasteiger partial charge in [0.15, 0.2) is 5.78 Å². The molecule has 3 nitrogen and oxygen atoms in total. The maximum absolute atomic E-state index is 11.2. The molecule has 3 aliphatic rings. The van der Waals surface area contributed by atoms with Gasteiger partial charge in [-0.1, -0.05) is 0 Å². The Bertz CT molecular complexity index is 201. The predicted octanol–water partition coefficient (Wildman–Crippen LogP) is -0.0533. The van der Waals surface area contributed by atoms with E-state index in [0.29, 0.717) is 18.4 Å². The second-order valence-corrected chi connectivity index (χ2v) is 3.25. The number of hydrogen-bond donors (Lipinski definition) is 0. The van der Waals surface area contributed by atoms with E-state index in [1.165, 1.54) is 0 Å². The van der Waals surface area contributed by atoms with E-state index in [1.54, 1.807) is 0 Å². The summed E-state index contributed by atoms with van der Waals surface area (Å²) in [7, 11) is 0. The highest BCUT2D eigenvalue weighted by molar-refractivity contribution is 5.88. The molecule has 3 heteroatoms. The van der Waals surface area contributed by atoms with E-state index >= 15 is 0 Å². The first-order valence-electron chi connectivity index (χ1n) is 3.67. The summed E-state index contributed by atoms with van der Waals surface area (Å²) >= 11 is 0. The highest BCUT2D eigenvalue weighted by atomic mass is 16.7. The van der Waals surface area contributed by atoms with Crippen LogP contribution in [-0.4, -0.2) is 24.8 Å². The van der Waals surface area contributed by atoms with Crippen molar-refractivity contribution in [2.24, 2.45) is 11.8 Å². The summed E-state index contributed by atoms with van der Waals surface area (Å²) in [5.41, 5.74) is 0. The minimum absolute atomic E-state index is 0.179. The molecule has 2 heterocycles. The molecule has 2 aliphatic heterocycles. The largest absolute Gasteiger partial charge is 0.343 e. The minimum Gasteiger partial charge on any atom is -0.343 e. The van der Waals surface area contributed by atoms with Gasteiger partial charge in [-0.2, -0.15) is 0 Å². The Balaban J connectivity index is 1.98. The molecular formula is C7H8O3. The second kappa shape index (κ2) is 1.43. The third kappa shape index (κ3) is 0.466. The number of fused-ring (bicyclic) bond motifs is 4. The highest BCUT2D eigenvalue weighted by Crippen LogP contribution is 2.50. The van der Waals surface area contributed by atoms with Crippen LogP contribution in [0, 0.1) is 11.8 Å². The third-order valence-corrected chi connectivity index (χ3v) is 2.63. The maximum Gasteiger partial charge on any atom is 0.218 e. The second-order valence-electron chi connectivity index (χ2n) is 3.25. The van der Waals surface area contributed by atoms with Gasteiger partial charge in [-0.3, -0.25) is 4.79 Å². The first-order valence-corrected chi connectivity index (χ1v) is 3.67. The predicted molar refractivity (Wildman–Crippen MR) is 31.2 cm³/mol. The first-order chi connectivity index (χ1) is 4.86. The lowest BCUT2D eigenvalue weighted by molar-refractivity contribution is -0.153. The zero-order chi connectivity index (χ0) is 6.72. The molecule has 2 saturated heterocycles. The quantitative estimate of drug-likeness (QED) is 0.473. The Labute approximate surface area is 58.3 Å². The van der Waals surface area contributed by atoms with E-state index < -0.39 is 6.29 Å². The van der Waals surface area contributed by atoms with Crippen molar-refractivity contribution in [1.29, 1.82) is 0 Å². The molecule has 0 spiro atoms. The average molecular weight is 140 g/mol. The van der Waals surface area contributed by atoms with Crippen LogP contribution in [0.25, 0.3) is 0 Å². The summed E-state index contributed by atoms with van der Waals surface area (Å²) in [6.07, 6.45) is 0.796. The lowest BCUT2D eigenvalue weighted by Gasteiger charge is -2.14. The SMILES string of the molecule is O=C1[C@@H]2OC[C@@H](O2)[C@H]2C[C@@H]12. The van der Waals surface area contributed by atoms with Gasteiger partial charge in [-0.05, 0) is 12.3 Å². The van der Waals surface area contributed by atoms with Crippen LogP contribution in [0.2, 0.25) is 0 Å². The van der Waals surface area contributed by atoms with Crippen molar-refractivity contribution in [1.82, 2.24) is 0 Å². The summed E-state index contributed by atoms with van der Waals surface area (Å²) in [6.45, 7) is 0.636. The Morgan fingerprint density at radius 3 is 3.30 bits per heavy atom. The van der Waals surface area contributed by atoms with Crippen LogP contribution in [0.3, 0.4) is 0 Å². The molecule has 1 saturated carbocycles. The smallest absolute Gasteiger partial charge is 0.218 e. The molecule has 0 aromatic rings. The van der Waals surface area contributed by atoms with Crippen molar-refractivity contribution in [3.05, 3.63) is 0 Å². The van der Waals surface area contributed by atoms with Gasteiger partial charge in [0, 0.05) is 5.92 Å². The van der Waals surface area contributed by atoms with Crippen molar-refractivity contribution in [3.63, 3.8) is 0 Å². The van der Waals surface area contributed by atoms with Gasteiger partial charge >= 0.3 is 0 Å². The van der Waals surface area contributed by atoms with E-state index in [2.05, 4.69) is 0 Å². The lowest BCUT2D eigenvalue weighted by atomic mass is 10.1. The van der Waals surface area contributed by atoms with Crippen molar-refractivity contribution in [2.75, 3.05) is 6.61 Å². The summed E-state index contributed by atoms with van der Waals surface area (Å²) in [5, 5.41) is 0. The number of Topliss-reactive ketones (excluding diaryl/α,β-unsaturated/α-hetero) is 1. The molecule has 3 fully saturated rings. The number of carbonyl (C=O) groups is 1. The fraction of sp³-hybridized carbons (Fsp3) is 0.857.